The summed E-state index contributed by atoms with van der Waals surface area (Å²) in [5, 5.41) is 8.55. The van der Waals surface area contributed by atoms with Crippen molar-refractivity contribution in [2.45, 2.75) is 12.3 Å². The Morgan fingerprint density at radius 1 is 1.07 bits per heavy atom. The van der Waals surface area contributed by atoms with Crippen LogP contribution in [0, 0.1) is 5.82 Å². The number of guanidine groups is 1. The fraction of sp³-hybridized carbons (Fsp3) is 0.263. The molecule has 0 spiro atoms. The number of nitrogens with one attached hydrogen (secondary N) is 3. The predicted octanol–water partition coefficient (Wildman–Crippen LogP) is 1.67. The van der Waals surface area contributed by atoms with E-state index < -0.39 is 15.7 Å². The van der Waals surface area contributed by atoms with Crippen molar-refractivity contribution in [2.75, 3.05) is 25.2 Å². The highest BCUT2D eigenvalue weighted by molar-refractivity contribution is 7.89. The van der Waals surface area contributed by atoms with Gasteiger partial charge in [-0.15, -0.1) is 0 Å². The summed E-state index contributed by atoms with van der Waals surface area (Å²) >= 11 is 0. The van der Waals surface area contributed by atoms with E-state index in [1.807, 2.05) is 18.2 Å². The molecule has 7 nitrogen and oxygen atoms in total. The predicted molar refractivity (Wildman–Crippen MR) is 108 cm³/mol. The first kappa shape index (κ1) is 21.4. The number of para-hydroxylation sites is 1. The molecule has 1 amide bonds. The van der Waals surface area contributed by atoms with Gasteiger partial charge < -0.3 is 16.0 Å². The van der Waals surface area contributed by atoms with Crippen LogP contribution in [0.1, 0.15) is 11.1 Å². The van der Waals surface area contributed by atoms with Crippen LogP contribution in [-0.4, -0.2) is 40.1 Å². The highest BCUT2D eigenvalue weighted by atomic mass is 32.2. The number of carbonyl (C=O) groups is 1. The van der Waals surface area contributed by atoms with Crippen LogP contribution in [0.2, 0.25) is 0 Å². The lowest BCUT2D eigenvalue weighted by Gasteiger charge is -2.14. The first-order valence-electron chi connectivity index (χ1n) is 8.51. The van der Waals surface area contributed by atoms with Crippen LogP contribution in [0.15, 0.2) is 53.5 Å². The number of rotatable bonds is 7. The van der Waals surface area contributed by atoms with Crippen LogP contribution in [0.5, 0.6) is 0 Å². The van der Waals surface area contributed by atoms with Crippen molar-refractivity contribution in [1.29, 1.82) is 0 Å². The van der Waals surface area contributed by atoms with E-state index in [0.29, 0.717) is 22.8 Å². The molecule has 150 valence electrons. The van der Waals surface area contributed by atoms with E-state index in [1.54, 1.807) is 12.1 Å². The van der Waals surface area contributed by atoms with Crippen LogP contribution in [0.4, 0.5) is 10.1 Å². The molecule has 0 aliphatic rings. The second-order valence-corrected chi connectivity index (χ2v) is 8.32. The first-order valence-corrected chi connectivity index (χ1v) is 10.6. The molecule has 0 unspecified atom stereocenters. The number of amides is 1. The molecule has 3 N–H and O–H groups in total. The SMILES string of the molecule is CN=C(NCC(=O)Nc1ccccc1)NCc1cc(F)ccc1CS(C)(=O)=O. The number of hydrogen-bond donors (Lipinski definition) is 3. The van der Waals surface area contributed by atoms with Crippen molar-refractivity contribution in [3.05, 3.63) is 65.5 Å². The summed E-state index contributed by atoms with van der Waals surface area (Å²) < 4.78 is 36.7. The molecule has 0 saturated heterocycles. The summed E-state index contributed by atoms with van der Waals surface area (Å²) in [4.78, 5) is 16.0. The fourth-order valence-electron chi connectivity index (χ4n) is 2.47. The van der Waals surface area contributed by atoms with Gasteiger partial charge in [-0.25, -0.2) is 12.8 Å². The third-order valence-corrected chi connectivity index (χ3v) is 4.57. The zero-order valence-corrected chi connectivity index (χ0v) is 16.5. The minimum absolute atomic E-state index is 0.0199. The monoisotopic (exact) mass is 406 g/mol. The largest absolute Gasteiger partial charge is 0.352 e. The molecular weight excluding hydrogens is 383 g/mol. The van der Waals surface area contributed by atoms with Gasteiger partial charge >= 0.3 is 0 Å². The number of aliphatic imine (C=N–C) groups is 1. The summed E-state index contributed by atoms with van der Waals surface area (Å²) in [5.74, 6) is -0.565. The molecule has 0 atom stereocenters. The van der Waals surface area contributed by atoms with Crippen LogP contribution in [-0.2, 0) is 26.9 Å². The summed E-state index contributed by atoms with van der Waals surface area (Å²) in [7, 11) is -1.72. The van der Waals surface area contributed by atoms with Gasteiger partial charge in [-0.1, -0.05) is 24.3 Å². The molecule has 2 rings (SSSR count). The van der Waals surface area contributed by atoms with Crippen LogP contribution in [0.25, 0.3) is 0 Å². The minimum Gasteiger partial charge on any atom is -0.352 e. The van der Waals surface area contributed by atoms with Crippen molar-refractivity contribution in [3.8, 4) is 0 Å². The summed E-state index contributed by atoms with van der Waals surface area (Å²) in [6.07, 6.45) is 1.12. The third-order valence-electron chi connectivity index (χ3n) is 3.73. The lowest BCUT2D eigenvalue weighted by Crippen LogP contribution is -2.41. The Morgan fingerprint density at radius 3 is 2.43 bits per heavy atom. The van der Waals surface area contributed by atoms with Crippen molar-refractivity contribution in [2.24, 2.45) is 4.99 Å². The maximum atomic E-state index is 13.6. The summed E-state index contributed by atoms with van der Waals surface area (Å²) in [6.45, 7) is 0.135. The van der Waals surface area contributed by atoms with Gasteiger partial charge in [0.05, 0.1) is 12.3 Å². The Balaban J connectivity index is 1.93. The number of nitrogens with zero attached hydrogens (tertiary/aromatic N) is 1. The van der Waals surface area contributed by atoms with Gasteiger partial charge in [0, 0.05) is 25.5 Å². The van der Waals surface area contributed by atoms with Crippen LogP contribution in [0.3, 0.4) is 0 Å². The number of halogens is 1. The zero-order chi connectivity index (χ0) is 20.6. The quantitative estimate of drug-likeness (QED) is 0.480. The molecule has 0 aromatic heterocycles. The number of benzene rings is 2. The van der Waals surface area contributed by atoms with E-state index in [2.05, 4.69) is 20.9 Å². The fourth-order valence-corrected chi connectivity index (χ4v) is 3.32. The number of hydrogen-bond acceptors (Lipinski definition) is 4. The van der Waals surface area contributed by atoms with Gasteiger partial charge in [0.2, 0.25) is 5.91 Å². The molecular formula is C19H23FN4O3S. The standard InChI is InChI=1S/C19H23FN4O3S/c1-21-19(23-12-18(25)24-17-6-4-3-5-7-17)22-11-15-10-16(20)9-8-14(15)13-28(2,26)27/h3-10H,11-13H2,1-2H3,(H,24,25)(H2,21,22,23). The Bertz CT molecular complexity index is 947. The smallest absolute Gasteiger partial charge is 0.243 e. The Kier molecular flexibility index (Phi) is 7.51. The van der Waals surface area contributed by atoms with E-state index in [1.165, 1.54) is 25.2 Å². The van der Waals surface area contributed by atoms with E-state index in [0.717, 1.165) is 6.26 Å². The average Bonchev–Trinajstić information content (AvgIpc) is 2.63. The van der Waals surface area contributed by atoms with Gasteiger partial charge in [-0.2, -0.15) is 0 Å². The maximum absolute atomic E-state index is 13.6. The number of carbonyl (C=O) groups excluding carboxylic acids is 1. The van der Waals surface area contributed by atoms with Crippen molar-refractivity contribution < 1.29 is 17.6 Å². The van der Waals surface area contributed by atoms with E-state index in [9.17, 15) is 17.6 Å². The van der Waals surface area contributed by atoms with Gasteiger partial charge in [0.25, 0.3) is 0 Å². The van der Waals surface area contributed by atoms with Crippen molar-refractivity contribution in [3.63, 3.8) is 0 Å². The topological polar surface area (TPSA) is 99.7 Å². The Morgan fingerprint density at radius 2 is 1.79 bits per heavy atom. The molecule has 0 saturated carbocycles. The van der Waals surface area contributed by atoms with Crippen molar-refractivity contribution in [1.82, 2.24) is 10.6 Å². The molecule has 0 aliphatic heterocycles. The van der Waals surface area contributed by atoms with Crippen LogP contribution < -0.4 is 16.0 Å². The summed E-state index contributed by atoms with van der Waals surface area (Å²) in [5.41, 5.74) is 1.69. The van der Waals surface area contributed by atoms with Gasteiger partial charge in [-0.05, 0) is 35.4 Å². The van der Waals surface area contributed by atoms with Gasteiger partial charge in [-0.3, -0.25) is 9.79 Å². The number of anilines is 1. The normalized spacial score (nSPS) is 11.8. The number of sulfone groups is 1. The minimum atomic E-state index is -3.26. The molecule has 0 radical (unpaired) electrons. The Labute approximate surface area is 164 Å². The molecule has 9 heteroatoms. The molecule has 0 heterocycles. The summed E-state index contributed by atoms with van der Waals surface area (Å²) in [6, 6.07) is 13.0. The lowest BCUT2D eigenvalue weighted by atomic mass is 10.1. The van der Waals surface area contributed by atoms with E-state index in [-0.39, 0.29) is 24.7 Å². The third kappa shape index (κ3) is 7.36. The van der Waals surface area contributed by atoms with E-state index in [4.69, 9.17) is 0 Å². The molecule has 0 fully saturated rings. The molecule has 0 bridgehead atoms. The molecule has 2 aromatic carbocycles. The lowest BCUT2D eigenvalue weighted by molar-refractivity contribution is -0.115. The maximum Gasteiger partial charge on any atom is 0.243 e. The van der Waals surface area contributed by atoms with Gasteiger partial charge in [0.15, 0.2) is 15.8 Å². The molecule has 28 heavy (non-hydrogen) atoms. The first-order chi connectivity index (χ1) is 13.3. The second kappa shape index (κ2) is 9.84. The average molecular weight is 406 g/mol. The second-order valence-electron chi connectivity index (χ2n) is 6.18. The highest BCUT2D eigenvalue weighted by Gasteiger charge is 2.11. The Hall–Kier alpha value is -2.94. The molecule has 0 aliphatic carbocycles. The highest BCUT2D eigenvalue weighted by Crippen LogP contribution is 2.14. The van der Waals surface area contributed by atoms with E-state index >= 15 is 0 Å². The molecule has 2 aromatic rings. The van der Waals surface area contributed by atoms with Crippen LogP contribution >= 0.6 is 0 Å². The van der Waals surface area contributed by atoms with Crippen molar-refractivity contribution >= 4 is 27.4 Å². The van der Waals surface area contributed by atoms with Gasteiger partial charge in [0.1, 0.15) is 5.82 Å². The zero-order valence-electron chi connectivity index (χ0n) is 15.7.